The van der Waals surface area contributed by atoms with Crippen molar-refractivity contribution in [2.24, 2.45) is 11.7 Å². The lowest BCUT2D eigenvalue weighted by Gasteiger charge is -2.09. The first kappa shape index (κ1) is 11.0. The zero-order valence-electron chi connectivity index (χ0n) is 8.57. The first-order valence-corrected chi connectivity index (χ1v) is 5.03. The van der Waals surface area contributed by atoms with E-state index in [0.29, 0.717) is 13.0 Å². The van der Waals surface area contributed by atoms with E-state index in [1.807, 2.05) is 0 Å². The first-order valence-electron chi connectivity index (χ1n) is 5.03. The summed E-state index contributed by atoms with van der Waals surface area (Å²) in [4.78, 5) is 14.4. The smallest absolute Gasteiger partial charge is 0.288 e. The number of carbonyl (C=O) groups is 1. The second kappa shape index (κ2) is 3.80. The van der Waals surface area contributed by atoms with Crippen molar-refractivity contribution in [3.63, 3.8) is 0 Å². The van der Waals surface area contributed by atoms with E-state index in [0.717, 1.165) is 0 Å². The molecular weight excluding hydrogens is 218 g/mol. The lowest BCUT2D eigenvalue weighted by Crippen LogP contribution is -2.16. The van der Waals surface area contributed by atoms with Crippen molar-refractivity contribution in [1.29, 1.82) is 0 Å². The standard InChI is InChI=1S/C9H12F2N4O/c10-9(11)2-1-6(3-9)4-15-5-13-8(14-15)7(12)16/h5-6H,1-4H2,(H2,12,16). The first-order chi connectivity index (χ1) is 7.46. The van der Waals surface area contributed by atoms with Crippen molar-refractivity contribution in [2.45, 2.75) is 31.7 Å². The van der Waals surface area contributed by atoms with E-state index in [1.54, 1.807) is 0 Å². The lowest BCUT2D eigenvalue weighted by molar-refractivity contribution is 0.00421. The Labute approximate surface area is 90.6 Å². The summed E-state index contributed by atoms with van der Waals surface area (Å²) >= 11 is 0. The molecule has 16 heavy (non-hydrogen) atoms. The van der Waals surface area contributed by atoms with Gasteiger partial charge in [0, 0.05) is 19.4 Å². The minimum absolute atomic E-state index is 0.0744. The number of halogens is 2. The van der Waals surface area contributed by atoms with Gasteiger partial charge in [0.25, 0.3) is 5.91 Å². The second-order valence-electron chi connectivity index (χ2n) is 4.12. The Morgan fingerprint density at radius 1 is 1.69 bits per heavy atom. The zero-order chi connectivity index (χ0) is 11.8. The van der Waals surface area contributed by atoms with Gasteiger partial charge in [-0.3, -0.25) is 9.48 Å². The molecule has 88 valence electrons. The van der Waals surface area contributed by atoms with Crippen LogP contribution in [0.4, 0.5) is 8.78 Å². The Bertz CT molecular complexity index is 404. The molecule has 1 aromatic heterocycles. The minimum Gasteiger partial charge on any atom is -0.363 e. The second-order valence-corrected chi connectivity index (χ2v) is 4.12. The fourth-order valence-corrected chi connectivity index (χ4v) is 1.96. The van der Waals surface area contributed by atoms with Crippen LogP contribution in [-0.2, 0) is 6.54 Å². The minimum atomic E-state index is -2.56. The lowest BCUT2D eigenvalue weighted by atomic mass is 10.1. The summed E-state index contributed by atoms with van der Waals surface area (Å²) in [7, 11) is 0. The predicted molar refractivity (Wildman–Crippen MR) is 50.8 cm³/mol. The number of primary amides is 1. The predicted octanol–water partition coefficient (Wildman–Crippen LogP) is 0.812. The topological polar surface area (TPSA) is 73.8 Å². The number of alkyl halides is 2. The molecule has 1 aromatic rings. The van der Waals surface area contributed by atoms with Crippen molar-refractivity contribution < 1.29 is 13.6 Å². The normalized spacial score (nSPS) is 23.5. The van der Waals surface area contributed by atoms with E-state index in [9.17, 15) is 13.6 Å². The van der Waals surface area contributed by atoms with Gasteiger partial charge in [0.15, 0.2) is 0 Å². The molecule has 1 saturated carbocycles. The molecule has 0 bridgehead atoms. The van der Waals surface area contributed by atoms with Crippen molar-refractivity contribution in [3.05, 3.63) is 12.2 Å². The summed E-state index contributed by atoms with van der Waals surface area (Å²) in [5.41, 5.74) is 4.98. The van der Waals surface area contributed by atoms with Gasteiger partial charge in [-0.15, -0.1) is 5.10 Å². The fourth-order valence-electron chi connectivity index (χ4n) is 1.96. The van der Waals surface area contributed by atoms with Gasteiger partial charge in [0.1, 0.15) is 6.33 Å². The van der Waals surface area contributed by atoms with Crippen LogP contribution < -0.4 is 5.73 Å². The van der Waals surface area contributed by atoms with Gasteiger partial charge >= 0.3 is 0 Å². The average Bonchev–Trinajstić information content (AvgIpc) is 2.73. The monoisotopic (exact) mass is 230 g/mol. The number of hydrogen-bond acceptors (Lipinski definition) is 3. The SMILES string of the molecule is NC(=O)c1ncn(CC2CCC(F)(F)C2)n1. The highest BCUT2D eigenvalue weighted by Gasteiger charge is 2.39. The molecule has 1 fully saturated rings. The van der Waals surface area contributed by atoms with Crippen molar-refractivity contribution >= 4 is 5.91 Å². The van der Waals surface area contributed by atoms with Crippen molar-refractivity contribution in [2.75, 3.05) is 0 Å². The van der Waals surface area contributed by atoms with E-state index < -0.39 is 11.8 Å². The van der Waals surface area contributed by atoms with Crippen LogP contribution in [0, 0.1) is 5.92 Å². The summed E-state index contributed by atoms with van der Waals surface area (Å²) in [6.07, 6.45) is 1.61. The van der Waals surface area contributed by atoms with Crippen LogP contribution >= 0.6 is 0 Å². The summed E-state index contributed by atoms with van der Waals surface area (Å²) in [6, 6.07) is 0. The van der Waals surface area contributed by atoms with Crippen LogP contribution in [0.5, 0.6) is 0 Å². The Morgan fingerprint density at radius 2 is 2.44 bits per heavy atom. The largest absolute Gasteiger partial charge is 0.363 e. The molecule has 7 heteroatoms. The average molecular weight is 230 g/mol. The van der Waals surface area contributed by atoms with Crippen LogP contribution in [-0.4, -0.2) is 26.6 Å². The van der Waals surface area contributed by atoms with Gasteiger partial charge in [-0.25, -0.2) is 13.8 Å². The quantitative estimate of drug-likeness (QED) is 0.835. The van der Waals surface area contributed by atoms with E-state index in [4.69, 9.17) is 5.73 Å². The molecule has 1 unspecified atom stereocenters. The maximum Gasteiger partial charge on any atom is 0.288 e. The molecule has 0 saturated heterocycles. The molecule has 1 aliphatic carbocycles. The molecule has 1 amide bonds. The number of carbonyl (C=O) groups excluding carboxylic acids is 1. The number of nitrogens with two attached hydrogens (primary N) is 1. The molecule has 5 nitrogen and oxygen atoms in total. The van der Waals surface area contributed by atoms with Gasteiger partial charge < -0.3 is 5.73 Å². The summed E-state index contributed by atoms with van der Waals surface area (Å²) < 4.78 is 27.2. The molecule has 0 aliphatic heterocycles. The van der Waals surface area contributed by atoms with Crippen molar-refractivity contribution in [3.8, 4) is 0 Å². The molecule has 0 spiro atoms. The van der Waals surface area contributed by atoms with E-state index in [2.05, 4.69) is 10.1 Å². The third-order valence-electron chi connectivity index (χ3n) is 2.71. The van der Waals surface area contributed by atoms with Gasteiger partial charge in [0.2, 0.25) is 11.7 Å². The maximum atomic E-state index is 12.9. The number of amides is 1. The molecule has 1 atom stereocenters. The Morgan fingerprint density at radius 3 is 2.94 bits per heavy atom. The summed E-state index contributed by atoms with van der Waals surface area (Å²) in [5, 5.41) is 3.81. The number of nitrogens with zero attached hydrogens (tertiary/aromatic N) is 3. The molecule has 0 aromatic carbocycles. The van der Waals surface area contributed by atoms with Gasteiger partial charge in [-0.1, -0.05) is 0 Å². The molecule has 2 rings (SSSR count). The fraction of sp³-hybridized carbons (Fsp3) is 0.667. The van der Waals surface area contributed by atoms with Crippen LogP contribution in [0.2, 0.25) is 0 Å². The van der Waals surface area contributed by atoms with Crippen LogP contribution in [0.1, 0.15) is 29.9 Å². The molecule has 0 radical (unpaired) electrons. The number of hydrogen-bond donors (Lipinski definition) is 1. The Hall–Kier alpha value is -1.53. The molecule has 1 aliphatic rings. The molecule has 1 heterocycles. The molecule has 2 N–H and O–H groups in total. The summed E-state index contributed by atoms with van der Waals surface area (Å²) in [6.45, 7) is 0.357. The van der Waals surface area contributed by atoms with Crippen LogP contribution in [0.3, 0.4) is 0 Å². The summed E-state index contributed by atoms with van der Waals surface area (Å²) in [5.74, 6) is -3.46. The van der Waals surface area contributed by atoms with E-state index >= 15 is 0 Å². The Kier molecular flexibility index (Phi) is 2.61. The van der Waals surface area contributed by atoms with E-state index in [-0.39, 0.29) is 24.6 Å². The van der Waals surface area contributed by atoms with Crippen LogP contribution in [0.15, 0.2) is 6.33 Å². The third-order valence-corrected chi connectivity index (χ3v) is 2.71. The highest BCUT2D eigenvalue weighted by Crippen LogP contribution is 2.39. The number of aromatic nitrogens is 3. The Balaban J connectivity index is 1.97. The zero-order valence-corrected chi connectivity index (χ0v) is 8.57. The number of rotatable bonds is 3. The van der Waals surface area contributed by atoms with Crippen LogP contribution in [0.25, 0.3) is 0 Å². The maximum absolute atomic E-state index is 12.9. The molecular formula is C9H12F2N4O. The highest BCUT2D eigenvalue weighted by atomic mass is 19.3. The third kappa shape index (κ3) is 2.34. The van der Waals surface area contributed by atoms with Gasteiger partial charge in [0.05, 0.1) is 0 Å². The van der Waals surface area contributed by atoms with Gasteiger partial charge in [-0.2, -0.15) is 0 Å². The highest BCUT2D eigenvalue weighted by molar-refractivity contribution is 5.88. The van der Waals surface area contributed by atoms with Crippen molar-refractivity contribution in [1.82, 2.24) is 14.8 Å². The van der Waals surface area contributed by atoms with E-state index in [1.165, 1.54) is 11.0 Å². The van der Waals surface area contributed by atoms with Gasteiger partial charge in [-0.05, 0) is 12.3 Å².